The molecule has 0 amide bonds. The Morgan fingerprint density at radius 1 is 1.21 bits per heavy atom. The summed E-state index contributed by atoms with van der Waals surface area (Å²) in [5.41, 5.74) is 0.801. The zero-order chi connectivity index (χ0) is 20.5. The highest BCUT2D eigenvalue weighted by molar-refractivity contribution is 5.77. The normalized spacial score (nSPS) is 15.8. The van der Waals surface area contributed by atoms with Gasteiger partial charge in [-0.05, 0) is 42.8 Å². The Morgan fingerprint density at radius 3 is 2.54 bits per heavy atom. The topological polar surface area (TPSA) is 59.0 Å². The van der Waals surface area contributed by atoms with E-state index in [-0.39, 0.29) is 11.3 Å². The van der Waals surface area contributed by atoms with E-state index in [9.17, 15) is 18.0 Å². The molecule has 0 aliphatic carbocycles. The molecule has 2 aromatic carbocycles. The minimum Gasteiger partial charge on any atom is -0.481 e. The summed E-state index contributed by atoms with van der Waals surface area (Å²) in [4.78, 5) is 12.9. The number of nitrogens with zero attached hydrogens (tertiary/aromatic N) is 1. The number of anilines is 1. The minimum atomic E-state index is -4.48. The van der Waals surface area contributed by atoms with Crippen LogP contribution >= 0.6 is 0 Å². The van der Waals surface area contributed by atoms with Crippen molar-refractivity contribution in [3.8, 4) is 16.9 Å². The van der Waals surface area contributed by atoms with E-state index >= 15 is 0 Å². The number of benzene rings is 2. The van der Waals surface area contributed by atoms with Gasteiger partial charge in [-0.15, -0.1) is 0 Å². The van der Waals surface area contributed by atoms with Crippen molar-refractivity contribution >= 4 is 11.7 Å². The lowest BCUT2D eigenvalue weighted by atomic mass is 9.97. The number of alkyl halides is 3. The lowest BCUT2D eigenvalue weighted by Crippen LogP contribution is -2.50. The number of carbonyl (C=O) groups is 1. The van der Waals surface area contributed by atoms with Crippen LogP contribution in [0.15, 0.2) is 42.5 Å². The molecule has 150 valence electrons. The van der Waals surface area contributed by atoms with Crippen LogP contribution in [0.25, 0.3) is 11.1 Å². The summed E-state index contributed by atoms with van der Waals surface area (Å²) in [6, 6.07) is 10.3. The predicted octanol–water partition coefficient (Wildman–Crippen LogP) is 4.26. The Hall–Kier alpha value is -2.74. The van der Waals surface area contributed by atoms with Gasteiger partial charge < -0.3 is 19.5 Å². The van der Waals surface area contributed by atoms with E-state index in [0.717, 1.165) is 17.8 Å². The molecule has 3 rings (SSSR count). The zero-order valence-electron chi connectivity index (χ0n) is 15.4. The molecule has 1 unspecified atom stereocenters. The Kier molecular flexibility index (Phi) is 5.51. The van der Waals surface area contributed by atoms with Crippen molar-refractivity contribution in [3.05, 3.63) is 48.0 Å². The van der Waals surface area contributed by atoms with Crippen LogP contribution in [0, 0.1) is 5.92 Å². The summed E-state index contributed by atoms with van der Waals surface area (Å²) in [7, 11) is 1.44. The number of hydrogen-bond acceptors (Lipinski definition) is 4. The van der Waals surface area contributed by atoms with Gasteiger partial charge in [0, 0.05) is 31.5 Å². The maximum Gasteiger partial charge on any atom is 0.416 e. The van der Waals surface area contributed by atoms with Crippen LogP contribution in [0.5, 0.6) is 5.75 Å². The quantitative estimate of drug-likeness (QED) is 0.741. The van der Waals surface area contributed by atoms with E-state index < -0.39 is 29.9 Å². The van der Waals surface area contributed by atoms with Crippen LogP contribution in [-0.4, -0.2) is 37.6 Å². The average molecular weight is 395 g/mol. The number of halogens is 3. The van der Waals surface area contributed by atoms with Gasteiger partial charge in [-0.1, -0.05) is 12.1 Å². The standard InChI is InChI=1S/C20H20F3NO4/c1-12(27-2)28-18-7-6-15(20(21,22)23)9-17(18)13-4-3-5-16(8-13)24-10-14(11-24)19(25)26/h3-9,12,14H,10-11H2,1-2H3,(H,25,26). The van der Waals surface area contributed by atoms with Crippen LogP contribution < -0.4 is 9.64 Å². The third-order valence-electron chi connectivity index (χ3n) is 4.68. The predicted molar refractivity (Wildman–Crippen MR) is 97.3 cm³/mol. The van der Waals surface area contributed by atoms with E-state index in [1.807, 2.05) is 4.90 Å². The Morgan fingerprint density at radius 2 is 1.93 bits per heavy atom. The fraction of sp³-hybridized carbons (Fsp3) is 0.350. The molecule has 1 aliphatic heterocycles. The Bertz CT molecular complexity index is 863. The van der Waals surface area contributed by atoms with E-state index in [0.29, 0.717) is 18.7 Å². The van der Waals surface area contributed by atoms with E-state index in [1.54, 1.807) is 31.2 Å². The van der Waals surface area contributed by atoms with Crippen molar-refractivity contribution in [2.45, 2.75) is 19.4 Å². The number of ether oxygens (including phenoxy) is 2. The number of carboxylic acid groups (broad SMARTS) is 1. The molecule has 8 heteroatoms. The molecule has 1 atom stereocenters. The molecular weight excluding hydrogens is 375 g/mol. The summed E-state index contributed by atoms with van der Waals surface area (Å²) < 4.78 is 50.3. The average Bonchev–Trinajstić information content (AvgIpc) is 2.59. The number of methoxy groups -OCH3 is 1. The van der Waals surface area contributed by atoms with Crippen molar-refractivity contribution in [2.75, 3.05) is 25.1 Å². The summed E-state index contributed by atoms with van der Waals surface area (Å²) in [5, 5.41) is 9.02. The highest BCUT2D eigenvalue weighted by Crippen LogP contribution is 2.39. The highest BCUT2D eigenvalue weighted by atomic mass is 19.4. The third kappa shape index (κ3) is 4.22. The maximum atomic E-state index is 13.2. The SMILES string of the molecule is COC(C)Oc1ccc(C(F)(F)F)cc1-c1cccc(N2CC(C(=O)O)C2)c1. The fourth-order valence-corrected chi connectivity index (χ4v) is 2.98. The molecule has 28 heavy (non-hydrogen) atoms. The van der Waals surface area contributed by atoms with Crippen molar-refractivity contribution < 1.29 is 32.5 Å². The van der Waals surface area contributed by atoms with Crippen LogP contribution in [-0.2, 0) is 15.7 Å². The molecule has 0 radical (unpaired) electrons. The first kappa shape index (κ1) is 20.0. The highest BCUT2D eigenvalue weighted by Gasteiger charge is 2.33. The summed E-state index contributed by atoms with van der Waals surface area (Å²) in [6.45, 7) is 2.38. The van der Waals surface area contributed by atoms with Gasteiger partial charge in [0.25, 0.3) is 0 Å². The van der Waals surface area contributed by atoms with Gasteiger partial charge in [-0.3, -0.25) is 4.79 Å². The lowest BCUT2D eigenvalue weighted by Gasteiger charge is -2.38. The molecule has 1 N–H and O–H groups in total. The smallest absolute Gasteiger partial charge is 0.416 e. The maximum absolute atomic E-state index is 13.2. The molecule has 1 heterocycles. The first-order chi connectivity index (χ1) is 13.2. The van der Waals surface area contributed by atoms with Gasteiger partial charge in [0.1, 0.15) is 5.75 Å². The molecule has 0 bridgehead atoms. The van der Waals surface area contributed by atoms with Crippen molar-refractivity contribution in [3.63, 3.8) is 0 Å². The van der Waals surface area contributed by atoms with Crippen LogP contribution in [0.2, 0.25) is 0 Å². The molecule has 1 fully saturated rings. The molecule has 1 aliphatic rings. The van der Waals surface area contributed by atoms with Gasteiger partial charge in [0.15, 0.2) is 6.29 Å². The Balaban J connectivity index is 1.96. The van der Waals surface area contributed by atoms with Crippen molar-refractivity contribution in [2.24, 2.45) is 5.92 Å². The summed E-state index contributed by atoms with van der Waals surface area (Å²) >= 11 is 0. The molecule has 1 saturated heterocycles. The first-order valence-electron chi connectivity index (χ1n) is 8.68. The van der Waals surface area contributed by atoms with E-state index in [2.05, 4.69) is 0 Å². The number of hydrogen-bond donors (Lipinski definition) is 1. The van der Waals surface area contributed by atoms with Gasteiger partial charge >= 0.3 is 12.1 Å². The second kappa shape index (κ2) is 7.71. The largest absolute Gasteiger partial charge is 0.481 e. The van der Waals surface area contributed by atoms with Crippen LogP contribution in [0.4, 0.5) is 18.9 Å². The zero-order valence-corrected chi connectivity index (χ0v) is 15.4. The molecule has 0 saturated carbocycles. The number of carboxylic acids is 1. The summed E-state index contributed by atoms with van der Waals surface area (Å²) in [5.74, 6) is -1.01. The van der Waals surface area contributed by atoms with Crippen LogP contribution in [0.1, 0.15) is 12.5 Å². The molecule has 2 aromatic rings. The van der Waals surface area contributed by atoms with Crippen LogP contribution in [0.3, 0.4) is 0 Å². The van der Waals surface area contributed by atoms with Gasteiger partial charge in [0.2, 0.25) is 0 Å². The van der Waals surface area contributed by atoms with Gasteiger partial charge in [0.05, 0.1) is 11.5 Å². The second-order valence-electron chi connectivity index (χ2n) is 6.62. The fourth-order valence-electron chi connectivity index (χ4n) is 2.98. The lowest BCUT2D eigenvalue weighted by molar-refractivity contribution is -0.142. The van der Waals surface area contributed by atoms with Crippen molar-refractivity contribution in [1.29, 1.82) is 0 Å². The Labute approximate surface area is 160 Å². The van der Waals surface area contributed by atoms with E-state index in [4.69, 9.17) is 14.6 Å². The first-order valence-corrected chi connectivity index (χ1v) is 8.68. The minimum absolute atomic E-state index is 0.270. The number of rotatable bonds is 6. The third-order valence-corrected chi connectivity index (χ3v) is 4.68. The monoisotopic (exact) mass is 395 g/mol. The summed E-state index contributed by atoms with van der Waals surface area (Å²) in [6.07, 6.45) is -5.12. The van der Waals surface area contributed by atoms with Gasteiger partial charge in [-0.25, -0.2) is 0 Å². The molecule has 0 aromatic heterocycles. The molecular formula is C20H20F3NO4. The number of aliphatic carboxylic acids is 1. The molecule has 5 nitrogen and oxygen atoms in total. The second-order valence-corrected chi connectivity index (χ2v) is 6.62. The molecule has 0 spiro atoms. The van der Waals surface area contributed by atoms with Crippen molar-refractivity contribution in [1.82, 2.24) is 0 Å². The van der Waals surface area contributed by atoms with E-state index in [1.165, 1.54) is 13.2 Å². The van der Waals surface area contributed by atoms with Gasteiger partial charge in [-0.2, -0.15) is 13.2 Å².